The van der Waals surface area contributed by atoms with Crippen molar-refractivity contribution in [2.24, 2.45) is 0 Å². The van der Waals surface area contributed by atoms with E-state index in [0.29, 0.717) is 0 Å². The monoisotopic (exact) mass is 307 g/mol. The molecule has 0 saturated carbocycles. The number of rotatable bonds is 5. The zero-order valence-electron chi connectivity index (χ0n) is 11.2. The average molecular weight is 307 g/mol. The van der Waals surface area contributed by atoms with Crippen LogP contribution in [0.4, 0.5) is 5.95 Å². The molecule has 0 atom stereocenters. The molecule has 21 heavy (non-hydrogen) atoms. The summed E-state index contributed by atoms with van der Waals surface area (Å²) in [5.41, 5.74) is 0. The molecule has 0 aliphatic heterocycles. The van der Waals surface area contributed by atoms with Gasteiger partial charge in [-0.2, -0.15) is 0 Å². The first-order chi connectivity index (χ1) is 10.1. The van der Waals surface area contributed by atoms with E-state index in [4.69, 9.17) is 0 Å². The maximum atomic E-state index is 12.6. The van der Waals surface area contributed by atoms with E-state index in [1.807, 2.05) is 0 Å². The number of carbonyl (C=O) groups is 1. The number of carbonyl (C=O) groups excluding carboxylic acids is 1. The van der Waals surface area contributed by atoms with Gasteiger partial charge in [-0.3, -0.25) is 4.79 Å². The molecule has 0 radical (unpaired) electrons. The molecule has 7 nitrogen and oxygen atoms in total. The third-order valence-electron chi connectivity index (χ3n) is 2.61. The van der Waals surface area contributed by atoms with E-state index in [1.165, 1.54) is 31.6 Å². The second-order valence-corrected chi connectivity index (χ2v) is 5.81. The summed E-state index contributed by atoms with van der Waals surface area (Å²) in [5.74, 6) is -0.797. The number of methoxy groups -OCH3 is 1. The molecule has 0 saturated heterocycles. The lowest BCUT2D eigenvalue weighted by Crippen LogP contribution is -2.37. The van der Waals surface area contributed by atoms with Crippen molar-refractivity contribution < 1.29 is 17.9 Å². The van der Waals surface area contributed by atoms with Gasteiger partial charge in [0.1, 0.15) is 6.54 Å². The number of benzene rings is 1. The highest BCUT2D eigenvalue weighted by molar-refractivity contribution is 7.92. The number of hydrogen-bond donors (Lipinski definition) is 0. The number of anilines is 1. The van der Waals surface area contributed by atoms with Crippen molar-refractivity contribution in [1.82, 2.24) is 9.97 Å². The minimum Gasteiger partial charge on any atom is -0.468 e. The van der Waals surface area contributed by atoms with E-state index in [0.717, 1.165) is 4.31 Å². The van der Waals surface area contributed by atoms with Crippen LogP contribution in [0.1, 0.15) is 0 Å². The maximum Gasteiger partial charge on any atom is 0.326 e. The van der Waals surface area contributed by atoms with Crippen LogP contribution < -0.4 is 4.31 Å². The van der Waals surface area contributed by atoms with Crippen LogP contribution in [0.5, 0.6) is 0 Å². The van der Waals surface area contributed by atoms with Crippen LogP contribution in [0, 0.1) is 0 Å². The Labute approximate surface area is 122 Å². The fourth-order valence-corrected chi connectivity index (χ4v) is 2.92. The lowest BCUT2D eigenvalue weighted by molar-refractivity contribution is -0.138. The number of nitrogens with zero attached hydrogens (tertiary/aromatic N) is 3. The van der Waals surface area contributed by atoms with E-state index >= 15 is 0 Å². The zero-order valence-corrected chi connectivity index (χ0v) is 12.0. The van der Waals surface area contributed by atoms with Gasteiger partial charge in [0.2, 0.25) is 5.95 Å². The van der Waals surface area contributed by atoms with Gasteiger partial charge >= 0.3 is 5.97 Å². The smallest absolute Gasteiger partial charge is 0.326 e. The molecule has 0 unspecified atom stereocenters. The quantitative estimate of drug-likeness (QED) is 0.761. The molecule has 1 aromatic heterocycles. The highest BCUT2D eigenvalue weighted by Crippen LogP contribution is 2.19. The second-order valence-electron chi connectivity index (χ2n) is 3.95. The summed E-state index contributed by atoms with van der Waals surface area (Å²) < 4.78 is 30.6. The minimum atomic E-state index is -3.95. The topological polar surface area (TPSA) is 89.5 Å². The summed E-state index contributed by atoms with van der Waals surface area (Å²) in [4.78, 5) is 19.3. The third kappa shape index (κ3) is 3.34. The Hall–Kier alpha value is -2.48. The van der Waals surface area contributed by atoms with Crippen LogP contribution in [0.25, 0.3) is 0 Å². The molecule has 2 aromatic rings. The zero-order chi connectivity index (χ0) is 15.3. The molecular formula is C13H13N3O4S. The molecule has 0 aliphatic carbocycles. The Bertz CT molecular complexity index is 705. The average Bonchev–Trinajstić information content (AvgIpc) is 2.53. The fraction of sp³-hybridized carbons (Fsp3) is 0.154. The first kappa shape index (κ1) is 14.9. The molecule has 2 rings (SSSR count). The lowest BCUT2D eigenvalue weighted by atomic mass is 10.4. The molecule has 0 bridgehead atoms. The normalized spacial score (nSPS) is 10.9. The molecule has 1 heterocycles. The first-order valence-corrected chi connectivity index (χ1v) is 7.41. The molecule has 8 heteroatoms. The van der Waals surface area contributed by atoms with Crippen LogP contribution in [0.15, 0.2) is 53.7 Å². The summed E-state index contributed by atoms with van der Waals surface area (Å²) >= 11 is 0. The number of ether oxygens (including phenoxy) is 1. The number of hydrogen-bond acceptors (Lipinski definition) is 6. The molecule has 0 N–H and O–H groups in total. The Morgan fingerprint density at radius 1 is 1.14 bits per heavy atom. The van der Waals surface area contributed by atoms with E-state index in [9.17, 15) is 13.2 Å². The summed E-state index contributed by atoms with van der Waals surface area (Å²) in [6, 6.07) is 9.30. The van der Waals surface area contributed by atoms with Crippen LogP contribution in [0.2, 0.25) is 0 Å². The third-order valence-corrected chi connectivity index (χ3v) is 4.35. The second kappa shape index (κ2) is 6.31. The fourth-order valence-electron chi connectivity index (χ4n) is 1.58. The maximum absolute atomic E-state index is 12.6. The van der Waals surface area contributed by atoms with Gasteiger partial charge in [0.05, 0.1) is 12.0 Å². The van der Waals surface area contributed by atoms with Gasteiger partial charge in [0, 0.05) is 12.4 Å². The molecule has 1 aromatic carbocycles. The lowest BCUT2D eigenvalue weighted by Gasteiger charge is -2.20. The Balaban J connectivity index is 2.47. The standard InChI is InChI=1S/C13H13N3O4S/c1-20-12(17)10-16(13-14-8-5-9-15-13)21(18,19)11-6-3-2-4-7-11/h2-9H,10H2,1H3. The molecule has 0 amide bonds. The summed E-state index contributed by atoms with van der Waals surface area (Å²) in [7, 11) is -2.77. The van der Waals surface area contributed by atoms with Crippen LogP contribution >= 0.6 is 0 Å². The largest absolute Gasteiger partial charge is 0.468 e. The Morgan fingerprint density at radius 2 is 1.76 bits per heavy atom. The summed E-state index contributed by atoms with van der Waals surface area (Å²) in [6.45, 7) is -0.502. The van der Waals surface area contributed by atoms with Crippen molar-refractivity contribution in [2.75, 3.05) is 18.0 Å². The van der Waals surface area contributed by atoms with Crippen LogP contribution in [0.3, 0.4) is 0 Å². The highest BCUT2D eigenvalue weighted by atomic mass is 32.2. The number of aromatic nitrogens is 2. The Morgan fingerprint density at radius 3 is 2.33 bits per heavy atom. The van der Waals surface area contributed by atoms with Gasteiger partial charge in [0.25, 0.3) is 10.0 Å². The molecule has 0 spiro atoms. The SMILES string of the molecule is COC(=O)CN(c1ncccn1)S(=O)(=O)c1ccccc1. The molecule has 110 valence electrons. The predicted octanol–water partition coefficient (Wildman–Crippen LogP) is 0.845. The highest BCUT2D eigenvalue weighted by Gasteiger charge is 2.29. The number of esters is 1. The summed E-state index contributed by atoms with van der Waals surface area (Å²) in [5, 5.41) is 0. The molecular weight excluding hydrogens is 294 g/mol. The molecule has 0 aliphatic rings. The van der Waals surface area contributed by atoms with Crippen molar-refractivity contribution in [3.8, 4) is 0 Å². The number of sulfonamides is 1. The van der Waals surface area contributed by atoms with Gasteiger partial charge in [0.15, 0.2) is 0 Å². The van der Waals surface area contributed by atoms with Crippen molar-refractivity contribution in [3.05, 3.63) is 48.8 Å². The van der Waals surface area contributed by atoms with Gasteiger partial charge in [-0.1, -0.05) is 18.2 Å². The Kier molecular flexibility index (Phi) is 4.49. The van der Waals surface area contributed by atoms with Crippen molar-refractivity contribution in [2.45, 2.75) is 4.90 Å². The predicted molar refractivity (Wildman–Crippen MR) is 75.0 cm³/mol. The van der Waals surface area contributed by atoms with Crippen LogP contribution in [-0.2, 0) is 19.6 Å². The van der Waals surface area contributed by atoms with Crippen molar-refractivity contribution in [1.29, 1.82) is 0 Å². The van der Waals surface area contributed by atoms with Gasteiger partial charge in [-0.15, -0.1) is 0 Å². The first-order valence-electron chi connectivity index (χ1n) is 5.97. The van der Waals surface area contributed by atoms with Gasteiger partial charge in [-0.25, -0.2) is 22.7 Å². The molecule has 0 fully saturated rings. The van der Waals surface area contributed by atoms with Crippen LogP contribution in [-0.4, -0.2) is 38.0 Å². The van der Waals surface area contributed by atoms with E-state index < -0.39 is 22.5 Å². The van der Waals surface area contributed by atoms with E-state index in [1.54, 1.807) is 24.3 Å². The summed E-state index contributed by atoms with van der Waals surface area (Å²) in [6.07, 6.45) is 2.79. The van der Waals surface area contributed by atoms with Gasteiger partial charge < -0.3 is 4.74 Å². The van der Waals surface area contributed by atoms with Crippen molar-refractivity contribution in [3.63, 3.8) is 0 Å². The van der Waals surface area contributed by atoms with Gasteiger partial charge in [-0.05, 0) is 18.2 Å². The van der Waals surface area contributed by atoms with E-state index in [-0.39, 0.29) is 10.8 Å². The van der Waals surface area contributed by atoms with Crippen molar-refractivity contribution >= 4 is 21.9 Å². The van der Waals surface area contributed by atoms with E-state index in [2.05, 4.69) is 14.7 Å². The minimum absolute atomic E-state index is 0.0429.